The predicted octanol–water partition coefficient (Wildman–Crippen LogP) is 5.32. The summed E-state index contributed by atoms with van der Waals surface area (Å²) in [7, 11) is 0. The van der Waals surface area contributed by atoms with Crippen molar-refractivity contribution in [3.05, 3.63) is 69.9 Å². The summed E-state index contributed by atoms with van der Waals surface area (Å²) in [6.45, 7) is 10.2. The van der Waals surface area contributed by atoms with Crippen molar-refractivity contribution in [2.24, 2.45) is 10.5 Å². The van der Waals surface area contributed by atoms with E-state index < -0.39 is 17.4 Å². The van der Waals surface area contributed by atoms with Crippen LogP contribution in [0.25, 0.3) is 10.9 Å². The number of para-hydroxylation sites is 1. The number of rotatable bonds is 8. The average molecular weight is 451 g/mol. The zero-order valence-corrected chi connectivity index (χ0v) is 19.6. The van der Waals surface area contributed by atoms with Gasteiger partial charge in [0.05, 0.1) is 11.1 Å². The highest BCUT2D eigenvalue weighted by molar-refractivity contribution is 5.99. The van der Waals surface area contributed by atoms with Crippen molar-refractivity contribution in [2.75, 3.05) is 6.61 Å². The third-order valence-electron chi connectivity index (χ3n) is 5.28. The number of hydrazone groups is 1. The Labute approximate surface area is 193 Å². The highest BCUT2D eigenvalue weighted by Crippen LogP contribution is 2.39. The fourth-order valence-corrected chi connectivity index (χ4v) is 4.18. The van der Waals surface area contributed by atoms with Crippen molar-refractivity contribution in [1.82, 2.24) is 10.4 Å². The third-order valence-corrected chi connectivity index (χ3v) is 5.28. The molecular weight excluding hydrogens is 420 g/mol. The predicted molar refractivity (Wildman–Crippen MR) is 130 cm³/mol. The van der Waals surface area contributed by atoms with Gasteiger partial charge in [0, 0.05) is 28.7 Å². The number of aromatic amines is 1. The van der Waals surface area contributed by atoms with Gasteiger partial charge >= 0.3 is 5.69 Å². The lowest BCUT2D eigenvalue weighted by molar-refractivity contribution is -0.385. The van der Waals surface area contributed by atoms with E-state index in [0.717, 1.165) is 28.5 Å². The molecule has 0 bridgehead atoms. The zero-order valence-electron chi connectivity index (χ0n) is 19.6. The summed E-state index contributed by atoms with van der Waals surface area (Å²) in [6.07, 6.45) is 4.18. The molecule has 2 N–H and O–H groups in total. The van der Waals surface area contributed by atoms with Gasteiger partial charge in [0.2, 0.25) is 0 Å². The fraction of sp³-hybridized carbons (Fsp3) is 0.360. The second-order valence-corrected chi connectivity index (χ2v) is 9.93. The highest BCUT2D eigenvalue weighted by Gasteiger charge is 2.29. The van der Waals surface area contributed by atoms with Crippen LogP contribution >= 0.6 is 0 Å². The van der Waals surface area contributed by atoms with Gasteiger partial charge in [-0.15, -0.1) is 0 Å². The van der Waals surface area contributed by atoms with Gasteiger partial charge in [-0.05, 0) is 34.9 Å². The molecule has 0 aliphatic heterocycles. The first-order valence-corrected chi connectivity index (χ1v) is 10.8. The van der Waals surface area contributed by atoms with Gasteiger partial charge in [-0.3, -0.25) is 14.9 Å². The molecule has 3 rings (SSSR count). The second kappa shape index (κ2) is 9.44. The van der Waals surface area contributed by atoms with Crippen molar-refractivity contribution in [3.8, 4) is 5.75 Å². The van der Waals surface area contributed by atoms with Gasteiger partial charge in [-0.25, -0.2) is 5.43 Å². The number of carbonyl (C=O) groups is 1. The molecule has 0 atom stereocenters. The Hall–Kier alpha value is -3.68. The molecule has 33 heavy (non-hydrogen) atoms. The van der Waals surface area contributed by atoms with Crippen molar-refractivity contribution in [1.29, 1.82) is 0 Å². The Kier molecular flexibility index (Phi) is 6.86. The van der Waals surface area contributed by atoms with Gasteiger partial charge < -0.3 is 9.72 Å². The van der Waals surface area contributed by atoms with E-state index in [4.69, 9.17) is 4.74 Å². The molecule has 0 radical (unpaired) electrons. The molecule has 1 heterocycles. The first-order chi connectivity index (χ1) is 15.5. The lowest BCUT2D eigenvalue weighted by atomic mass is 9.72. The minimum Gasteiger partial charge on any atom is -0.477 e. The van der Waals surface area contributed by atoms with Gasteiger partial charge in [-0.2, -0.15) is 5.10 Å². The van der Waals surface area contributed by atoms with Crippen LogP contribution in [0.5, 0.6) is 5.75 Å². The topological polar surface area (TPSA) is 110 Å². The minimum atomic E-state index is -0.516. The number of nitrogens with zero attached hydrogens (tertiary/aromatic N) is 2. The molecule has 0 spiro atoms. The number of hydrogen-bond donors (Lipinski definition) is 2. The summed E-state index contributed by atoms with van der Waals surface area (Å²) in [5, 5.41) is 16.6. The zero-order chi connectivity index (χ0) is 24.2. The number of amides is 1. The lowest BCUT2D eigenvalue weighted by Gasteiger charge is -2.33. The van der Waals surface area contributed by atoms with E-state index in [1.54, 1.807) is 12.3 Å². The number of nitro groups is 1. The number of ether oxygens (including phenoxy) is 1. The molecule has 0 saturated heterocycles. The number of aromatic nitrogens is 1. The Morgan fingerprint density at radius 2 is 1.91 bits per heavy atom. The van der Waals surface area contributed by atoms with Crippen LogP contribution in [0.4, 0.5) is 5.69 Å². The molecular formula is C25H30N4O4. The van der Waals surface area contributed by atoms with Gasteiger partial charge in [-0.1, -0.05) is 58.9 Å². The number of nitrogens with one attached hydrogen (secondary N) is 2. The number of fused-ring (bicyclic) bond motifs is 1. The maximum atomic E-state index is 12.1. The normalized spacial score (nSPS) is 12.3. The molecule has 8 nitrogen and oxygen atoms in total. The van der Waals surface area contributed by atoms with Crippen LogP contribution in [0.2, 0.25) is 0 Å². The van der Waals surface area contributed by atoms with Crippen LogP contribution in [0.3, 0.4) is 0 Å². The third kappa shape index (κ3) is 6.19. The fourth-order valence-electron chi connectivity index (χ4n) is 4.18. The van der Waals surface area contributed by atoms with E-state index >= 15 is 0 Å². The smallest absolute Gasteiger partial charge is 0.311 e. The van der Waals surface area contributed by atoms with Crippen LogP contribution in [0.15, 0.2) is 53.8 Å². The molecule has 1 aromatic heterocycles. The molecule has 0 unspecified atom stereocenters. The lowest BCUT2D eigenvalue weighted by Crippen LogP contribution is -2.26. The quantitative estimate of drug-likeness (QED) is 0.275. The maximum Gasteiger partial charge on any atom is 0.311 e. The van der Waals surface area contributed by atoms with Crippen molar-refractivity contribution < 1.29 is 14.5 Å². The number of hydrogen-bond acceptors (Lipinski definition) is 5. The number of H-pyrrole nitrogens is 1. The van der Waals surface area contributed by atoms with Crippen LogP contribution < -0.4 is 10.2 Å². The molecule has 0 aliphatic carbocycles. The van der Waals surface area contributed by atoms with Crippen molar-refractivity contribution >= 4 is 28.7 Å². The number of benzene rings is 2. The monoisotopic (exact) mass is 450 g/mol. The minimum absolute atomic E-state index is 0.0473. The van der Waals surface area contributed by atoms with Crippen LogP contribution in [-0.2, 0) is 10.2 Å². The van der Waals surface area contributed by atoms with Crippen LogP contribution in [-0.4, -0.2) is 28.6 Å². The van der Waals surface area contributed by atoms with E-state index in [1.807, 2.05) is 30.3 Å². The molecule has 8 heteroatoms. The summed E-state index contributed by atoms with van der Waals surface area (Å²) in [5.41, 5.74) is 4.69. The first kappa shape index (κ1) is 24.0. The van der Waals surface area contributed by atoms with E-state index in [1.165, 1.54) is 12.3 Å². The van der Waals surface area contributed by atoms with Crippen LogP contribution in [0.1, 0.15) is 52.2 Å². The molecule has 0 saturated carbocycles. The highest BCUT2D eigenvalue weighted by atomic mass is 16.6. The standard InChI is InChI=1S/C25H30N4O4/c1-24(2,3)16-25(4,5)18-10-11-22(21(12-18)29(31)32)33-15-23(30)28-27-14-17-13-26-20-9-7-6-8-19(17)20/h6-14,26H,15-16H2,1-5H3,(H,28,30). The summed E-state index contributed by atoms with van der Waals surface area (Å²) in [6, 6.07) is 12.7. The van der Waals surface area contributed by atoms with Gasteiger partial charge in [0.15, 0.2) is 12.4 Å². The Morgan fingerprint density at radius 1 is 1.18 bits per heavy atom. The molecule has 0 aliphatic rings. The van der Waals surface area contributed by atoms with E-state index in [-0.39, 0.29) is 22.3 Å². The summed E-state index contributed by atoms with van der Waals surface area (Å²) in [4.78, 5) is 26.4. The van der Waals surface area contributed by atoms with Gasteiger partial charge in [0.1, 0.15) is 0 Å². The first-order valence-electron chi connectivity index (χ1n) is 10.8. The molecule has 0 fully saturated rings. The maximum absolute atomic E-state index is 12.1. The summed E-state index contributed by atoms with van der Waals surface area (Å²) < 4.78 is 5.45. The van der Waals surface area contributed by atoms with Crippen molar-refractivity contribution in [3.63, 3.8) is 0 Å². The number of carbonyl (C=O) groups excluding carboxylic acids is 1. The molecule has 2 aromatic carbocycles. The second-order valence-electron chi connectivity index (χ2n) is 9.93. The van der Waals surface area contributed by atoms with Gasteiger partial charge in [0.25, 0.3) is 5.91 Å². The number of nitro benzene ring substituents is 1. The van der Waals surface area contributed by atoms with Crippen molar-refractivity contribution in [2.45, 2.75) is 46.5 Å². The molecule has 3 aromatic rings. The summed E-state index contributed by atoms with van der Waals surface area (Å²) >= 11 is 0. The summed E-state index contributed by atoms with van der Waals surface area (Å²) in [5.74, 6) is -0.469. The SMILES string of the molecule is CC(C)(C)CC(C)(C)c1ccc(OCC(=O)NN=Cc2c[nH]c3ccccc23)c([N+](=O)[O-])c1. The van der Waals surface area contributed by atoms with Crippen LogP contribution in [0, 0.1) is 15.5 Å². The van der Waals surface area contributed by atoms with E-state index in [2.05, 4.69) is 50.1 Å². The Balaban J connectivity index is 1.65. The van der Waals surface area contributed by atoms with E-state index in [0.29, 0.717) is 0 Å². The largest absolute Gasteiger partial charge is 0.477 e. The average Bonchev–Trinajstić information content (AvgIpc) is 3.13. The molecule has 174 valence electrons. The molecule has 1 amide bonds. The Morgan fingerprint density at radius 3 is 2.61 bits per heavy atom. The Bertz CT molecular complexity index is 1190. The van der Waals surface area contributed by atoms with E-state index in [9.17, 15) is 14.9 Å².